The summed E-state index contributed by atoms with van der Waals surface area (Å²) in [5.41, 5.74) is 5.32. The van der Waals surface area contributed by atoms with E-state index in [0.717, 1.165) is 5.56 Å². The predicted molar refractivity (Wildman–Crippen MR) is 180 cm³/mol. The first-order valence-corrected chi connectivity index (χ1v) is 15.8. The van der Waals surface area contributed by atoms with Gasteiger partial charge in [0.25, 0.3) is 0 Å². The molecule has 0 aliphatic carbocycles. The van der Waals surface area contributed by atoms with Gasteiger partial charge in [0.05, 0.1) is 48.7 Å². The van der Waals surface area contributed by atoms with Crippen molar-refractivity contribution in [3.63, 3.8) is 0 Å². The molecule has 0 saturated heterocycles. The highest BCUT2D eigenvalue weighted by molar-refractivity contribution is 9.10. The van der Waals surface area contributed by atoms with Gasteiger partial charge < -0.3 is 39.4 Å². The highest BCUT2D eigenvalue weighted by Gasteiger charge is 2.32. The zero-order chi connectivity index (χ0) is 34.1. The fraction of sp³-hybridized carbons (Fsp3) is 0.281. The lowest BCUT2D eigenvalue weighted by Gasteiger charge is -2.28. The van der Waals surface area contributed by atoms with Crippen LogP contribution in [0.25, 0.3) is 0 Å². The van der Waals surface area contributed by atoms with Gasteiger partial charge in [0.15, 0.2) is 29.2 Å². The summed E-state index contributed by atoms with van der Waals surface area (Å²) in [7, 11) is 2.79. The van der Waals surface area contributed by atoms with Crippen LogP contribution in [0.2, 0.25) is 10.0 Å². The van der Waals surface area contributed by atoms with Gasteiger partial charge in [-0.15, -0.1) is 0 Å². The molecule has 0 radical (unpaired) electrons. The number of methoxy groups -OCH3 is 2. The van der Waals surface area contributed by atoms with Crippen molar-refractivity contribution in [1.82, 2.24) is 16.1 Å². The molecule has 0 aromatic heterocycles. The van der Waals surface area contributed by atoms with E-state index in [9.17, 15) is 14.7 Å². The van der Waals surface area contributed by atoms with E-state index in [-0.39, 0.29) is 18.8 Å². The van der Waals surface area contributed by atoms with Gasteiger partial charge in [-0.2, -0.15) is 5.10 Å². The van der Waals surface area contributed by atoms with Crippen LogP contribution in [-0.2, 0) is 16.1 Å². The van der Waals surface area contributed by atoms with E-state index in [1.807, 2.05) is 6.07 Å². The highest BCUT2D eigenvalue weighted by Crippen LogP contribution is 2.36. The molecule has 1 aliphatic rings. The van der Waals surface area contributed by atoms with Crippen LogP contribution in [0.5, 0.6) is 23.0 Å². The van der Waals surface area contributed by atoms with Crippen LogP contribution in [0.3, 0.4) is 0 Å². The van der Waals surface area contributed by atoms with Gasteiger partial charge in [-0.25, -0.2) is 9.59 Å². The Kier molecular flexibility index (Phi) is 12.6. The number of rotatable bonds is 14. The number of hydrogen-bond donors (Lipinski definition) is 4. The van der Waals surface area contributed by atoms with Crippen LogP contribution in [0, 0.1) is 0 Å². The average molecular weight is 752 g/mol. The summed E-state index contributed by atoms with van der Waals surface area (Å²) in [6.07, 6.45) is 0.316. The topological polar surface area (TPSA) is 149 Å². The average Bonchev–Trinajstić information content (AvgIpc) is 3.04. The van der Waals surface area contributed by atoms with Crippen LogP contribution in [0.1, 0.15) is 36.6 Å². The van der Waals surface area contributed by atoms with Gasteiger partial charge in [-0.05, 0) is 77.3 Å². The molecule has 0 saturated carbocycles. The summed E-state index contributed by atoms with van der Waals surface area (Å²) in [5, 5.41) is 20.9. The standard InChI is InChI=1S/C32H33BrCl2N4O8/c1-5-45-26-11-19(30-29(31(41)44-4)17(2)37-32(42)38-30)7-9-24(26)47-16-28(40)39-36-14-20-12-25(43-3)27(13-21(20)33)46-15-18-6-8-22(34)23(35)10-18/h6-14,28,30,39-40H,5,15-16H2,1-4H3,(H2,37,38,42)/b36-14-/t28-,30+/m1/s1. The lowest BCUT2D eigenvalue weighted by atomic mass is 9.95. The molecule has 2 amide bonds. The number of esters is 1. The maximum Gasteiger partial charge on any atom is 0.337 e. The van der Waals surface area contributed by atoms with Gasteiger partial charge in [0.2, 0.25) is 0 Å². The number of carbonyl (C=O) groups is 2. The van der Waals surface area contributed by atoms with Crippen LogP contribution < -0.4 is 35.0 Å². The Balaban J connectivity index is 1.39. The van der Waals surface area contributed by atoms with Crippen molar-refractivity contribution < 1.29 is 38.4 Å². The Morgan fingerprint density at radius 1 is 1.04 bits per heavy atom. The summed E-state index contributed by atoms with van der Waals surface area (Å²) >= 11 is 15.6. The lowest BCUT2D eigenvalue weighted by Crippen LogP contribution is -2.45. The van der Waals surface area contributed by atoms with Crippen molar-refractivity contribution in [2.45, 2.75) is 32.7 Å². The molecule has 0 spiro atoms. The molecule has 47 heavy (non-hydrogen) atoms. The zero-order valence-electron chi connectivity index (χ0n) is 25.9. The number of ether oxygens (including phenoxy) is 5. The van der Waals surface area contributed by atoms with E-state index in [1.54, 1.807) is 56.3 Å². The smallest absolute Gasteiger partial charge is 0.337 e. The SMILES string of the molecule is CCOc1cc([C@@H]2NC(=O)NC(C)=C2C(=O)OC)ccc1OC[C@@H](O)N/N=C\c1cc(OC)c(OCc2ccc(Cl)c(Cl)c2)cc1Br. The molecular weight excluding hydrogens is 719 g/mol. The molecule has 250 valence electrons. The van der Waals surface area contributed by atoms with Gasteiger partial charge in [0.1, 0.15) is 13.2 Å². The normalized spacial score (nSPS) is 15.1. The number of allylic oxidation sites excluding steroid dienone is 1. The summed E-state index contributed by atoms with van der Waals surface area (Å²) in [4.78, 5) is 24.6. The van der Waals surface area contributed by atoms with E-state index in [4.69, 9.17) is 46.9 Å². The zero-order valence-corrected chi connectivity index (χ0v) is 29.0. The molecule has 2 atom stereocenters. The molecule has 3 aromatic carbocycles. The monoisotopic (exact) mass is 750 g/mol. The predicted octanol–water partition coefficient (Wildman–Crippen LogP) is 5.86. The van der Waals surface area contributed by atoms with Gasteiger partial charge in [-0.3, -0.25) is 5.43 Å². The van der Waals surface area contributed by atoms with Gasteiger partial charge >= 0.3 is 12.0 Å². The van der Waals surface area contributed by atoms with Crippen molar-refractivity contribution >= 4 is 57.3 Å². The molecule has 0 fully saturated rings. The van der Waals surface area contributed by atoms with E-state index >= 15 is 0 Å². The second-order valence-corrected chi connectivity index (χ2v) is 11.6. The fourth-order valence-corrected chi connectivity index (χ4v) is 5.27. The first-order valence-electron chi connectivity index (χ1n) is 14.2. The number of hydrazone groups is 1. The summed E-state index contributed by atoms with van der Waals surface area (Å²) in [6.45, 7) is 3.81. The number of nitrogens with one attached hydrogen (secondary N) is 3. The Labute approximate surface area is 290 Å². The number of aliphatic hydroxyl groups excluding tert-OH is 1. The molecular formula is C32H33BrCl2N4O8. The Bertz CT molecular complexity index is 1690. The largest absolute Gasteiger partial charge is 0.493 e. The first kappa shape index (κ1) is 35.7. The van der Waals surface area contributed by atoms with E-state index in [0.29, 0.717) is 60.9 Å². The van der Waals surface area contributed by atoms with Crippen molar-refractivity contribution in [2.24, 2.45) is 5.10 Å². The maximum atomic E-state index is 12.5. The van der Waals surface area contributed by atoms with Gasteiger partial charge in [-0.1, -0.05) is 35.3 Å². The molecule has 0 bridgehead atoms. The molecule has 12 nitrogen and oxygen atoms in total. The van der Waals surface area contributed by atoms with Crippen LogP contribution in [0.15, 0.2) is 69.4 Å². The minimum Gasteiger partial charge on any atom is -0.493 e. The second-order valence-electron chi connectivity index (χ2n) is 9.98. The van der Waals surface area contributed by atoms with Crippen LogP contribution in [-0.4, -0.2) is 57.0 Å². The van der Waals surface area contributed by atoms with Crippen molar-refractivity contribution in [1.29, 1.82) is 0 Å². The van der Waals surface area contributed by atoms with E-state index < -0.39 is 24.3 Å². The molecule has 4 rings (SSSR count). The van der Waals surface area contributed by atoms with E-state index in [2.05, 4.69) is 37.1 Å². The number of halogens is 3. The molecule has 0 unspecified atom stereocenters. The third-order valence-electron chi connectivity index (χ3n) is 6.76. The highest BCUT2D eigenvalue weighted by atomic mass is 79.9. The molecule has 4 N–H and O–H groups in total. The summed E-state index contributed by atoms with van der Waals surface area (Å²) < 4.78 is 28.6. The number of amides is 2. The minimum absolute atomic E-state index is 0.181. The fourth-order valence-electron chi connectivity index (χ4n) is 4.53. The number of nitrogens with zero attached hydrogens (tertiary/aromatic N) is 1. The summed E-state index contributed by atoms with van der Waals surface area (Å²) in [6, 6.07) is 12.5. The molecule has 1 heterocycles. The van der Waals surface area contributed by atoms with Crippen molar-refractivity contribution in [2.75, 3.05) is 27.4 Å². The van der Waals surface area contributed by atoms with Gasteiger partial charge in [0, 0.05) is 15.7 Å². The number of carbonyl (C=O) groups excluding carboxylic acids is 2. The quantitative estimate of drug-likeness (QED) is 0.0688. The third-order valence-corrected chi connectivity index (χ3v) is 8.19. The van der Waals surface area contributed by atoms with Crippen LogP contribution >= 0.6 is 39.1 Å². The van der Waals surface area contributed by atoms with E-state index in [1.165, 1.54) is 20.4 Å². The third kappa shape index (κ3) is 9.22. The van der Waals surface area contributed by atoms with Crippen molar-refractivity contribution in [3.05, 3.63) is 91.0 Å². The maximum absolute atomic E-state index is 12.5. The number of benzene rings is 3. The number of hydrogen-bond acceptors (Lipinski definition) is 10. The molecule has 3 aromatic rings. The van der Waals surface area contributed by atoms with Crippen molar-refractivity contribution in [3.8, 4) is 23.0 Å². The molecule has 1 aliphatic heterocycles. The summed E-state index contributed by atoms with van der Waals surface area (Å²) in [5.74, 6) is 1.08. The number of aliphatic hydroxyl groups is 1. The Hall–Kier alpha value is -4.17. The minimum atomic E-state index is -1.19. The lowest BCUT2D eigenvalue weighted by molar-refractivity contribution is -0.136. The Morgan fingerprint density at radius 2 is 1.81 bits per heavy atom. The van der Waals surface area contributed by atoms with Crippen LogP contribution in [0.4, 0.5) is 4.79 Å². The molecule has 15 heteroatoms. The second kappa shape index (κ2) is 16.6. The Morgan fingerprint density at radius 3 is 2.51 bits per heavy atom. The number of urea groups is 1. The first-order chi connectivity index (χ1) is 22.5.